The standard InChI is InChI=1S/C23H19N3O3/c1-15-11-12-20(27)18(13-15)22(28)25-24-21-17-9-5-6-10-19(17)26(23(21)29)14-16-7-3-2-4-8-16/h2-13,27,29H,14H2,1H3. The second-order valence-electron chi connectivity index (χ2n) is 6.79. The first-order chi connectivity index (χ1) is 14.0. The van der Waals surface area contributed by atoms with E-state index in [1.807, 2.05) is 61.5 Å². The zero-order chi connectivity index (χ0) is 20.4. The number of carbonyl (C=O) groups is 1. The van der Waals surface area contributed by atoms with Crippen LogP contribution in [0.1, 0.15) is 21.5 Å². The summed E-state index contributed by atoms with van der Waals surface area (Å²) in [5.41, 5.74) is 2.92. The molecule has 144 valence electrons. The van der Waals surface area contributed by atoms with Crippen LogP contribution in [-0.4, -0.2) is 20.7 Å². The third-order valence-corrected chi connectivity index (χ3v) is 4.72. The number of aromatic hydroxyl groups is 2. The van der Waals surface area contributed by atoms with Crippen molar-refractivity contribution in [3.05, 3.63) is 89.5 Å². The highest BCUT2D eigenvalue weighted by Gasteiger charge is 2.18. The second kappa shape index (κ2) is 7.59. The van der Waals surface area contributed by atoms with Gasteiger partial charge in [-0.25, -0.2) is 0 Å². The number of carbonyl (C=O) groups excluding carboxylic acids is 1. The van der Waals surface area contributed by atoms with Crippen LogP contribution in [0.5, 0.6) is 11.6 Å². The van der Waals surface area contributed by atoms with E-state index < -0.39 is 5.91 Å². The molecule has 0 aliphatic rings. The molecule has 0 radical (unpaired) electrons. The predicted octanol–water partition coefficient (Wildman–Crippen LogP) is 5.33. The summed E-state index contributed by atoms with van der Waals surface area (Å²) in [7, 11) is 0. The topological polar surface area (TPSA) is 87.2 Å². The van der Waals surface area contributed by atoms with Crippen molar-refractivity contribution in [1.29, 1.82) is 0 Å². The lowest BCUT2D eigenvalue weighted by Gasteiger charge is -2.06. The number of rotatable bonds is 4. The number of para-hydroxylation sites is 1. The Hall–Kier alpha value is -3.93. The normalized spacial score (nSPS) is 11.3. The molecule has 0 spiro atoms. The Morgan fingerprint density at radius 1 is 0.966 bits per heavy atom. The molecular formula is C23H19N3O3. The van der Waals surface area contributed by atoms with Crippen LogP contribution in [0.3, 0.4) is 0 Å². The van der Waals surface area contributed by atoms with Gasteiger partial charge in [-0.3, -0.25) is 4.79 Å². The molecule has 0 saturated carbocycles. The van der Waals surface area contributed by atoms with Crippen molar-refractivity contribution in [2.45, 2.75) is 13.5 Å². The highest BCUT2D eigenvalue weighted by atomic mass is 16.3. The van der Waals surface area contributed by atoms with Gasteiger partial charge in [-0.15, -0.1) is 10.2 Å². The van der Waals surface area contributed by atoms with E-state index >= 15 is 0 Å². The molecule has 0 saturated heterocycles. The molecule has 3 aromatic carbocycles. The molecule has 29 heavy (non-hydrogen) atoms. The van der Waals surface area contributed by atoms with Crippen LogP contribution in [0.25, 0.3) is 10.9 Å². The first kappa shape index (κ1) is 18.4. The summed E-state index contributed by atoms with van der Waals surface area (Å²) in [6, 6.07) is 21.9. The Balaban J connectivity index is 1.74. The first-order valence-electron chi connectivity index (χ1n) is 9.14. The van der Waals surface area contributed by atoms with E-state index in [1.54, 1.807) is 16.7 Å². The fourth-order valence-electron chi connectivity index (χ4n) is 3.27. The van der Waals surface area contributed by atoms with Gasteiger partial charge in [0.15, 0.2) is 5.69 Å². The van der Waals surface area contributed by atoms with Gasteiger partial charge in [-0.1, -0.05) is 60.2 Å². The molecule has 0 bridgehead atoms. The maximum absolute atomic E-state index is 12.4. The zero-order valence-electron chi connectivity index (χ0n) is 15.8. The first-order valence-corrected chi connectivity index (χ1v) is 9.14. The number of azo groups is 1. The highest BCUT2D eigenvalue weighted by Crippen LogP contribution is 2.39. The molecule has 1 heterocycles. The maximum Gasteiger partial charge on any atom is 0.299 e. The van der Waals surface area contributed by atoms with Gasteiger partial charge in [0.25, 0.3) is 5.91 Å². The Morgan fingerprint density at radius 3 is 2.48 bits per heavy atom. The van der Waals surface area contributed by atoms with Crippen molar-refractivity contribution >= 4 is 22.5 Å². The number of hydrogen-bond acceptors (Lipinski definition) is 4. The largest absolute Gasteiger partial charge is 0.507 e. The monoisotopic (exact) mass is 385 g/mol. The van der Waals surface area contributed by atoms with Crippen molar-refractivity contribution in [2.75, 3.05) is 0 Å². The average molecular weight is 385 g/mol. The third-order valence-electron chi connectivity index (χ3n) is 4.72. The lowest BCUT2D eigenvalue weighted by Crippen LogP contribution is -1.98. The minimum Gasteiger partial charge on any atom is -0.507 e. The van der Waals surface area contributed by atoms with Crippen LogP contribution in [-0.2, 0) is 6.54 Å². The number of benzene rings is 3. The molecule has 1 amide bonds. The molecule has 0 aliphatic heterocycles. The third kappa shape index (κ3) is 3.60. The second-order valence-corrected chi connectivity index (χ2v) is 6.79. The van der Waals surface area contributed by atoms with Gasteiger partial charge in [-0.05, 0) is 30.7 Å². The maximum atomic E-state index is 12.4. The summed E-state index contributed by atoms with van der Waals surface area (Å²) in [5.74, 6) is -0.902. The van der Waals surface area contributed by atoms with E-state index in [4.69, 9.17) is 0 Å². The van der Waals surface area contributed by atoms with Gasteiger partial charge in [0, 0.05) is 5.39 Å². The molecule has 0 fully saturated rings. The number of phenolic OH excluding ortho intramolecular Hbond substituents is 1. The summed E-state index contributed by atoms with van der Waals surface area (Å²) in [6.07, 6.45) is 0. The molecule has 0 atom stereocenters. The lowest BCUT2D eigenvalue weighted by atomic mass is 10.1. The number of nitrogens with zero attached hydrogens (tertiary/aromatic N) is 3. The number of fused-ring (bicyclic) bond motifs is 1. The molecule has 1 aromatic heterocycles. The van der Waals surface area contributed by atoms with Crippen LogP contribution in [0.4, 0.5) is 5.69 Å². The average Bonchev–Trinajstić information content (AvgIpc) is 3.00. The Bertz CT molecular complexity index is 1230. The molecular weight excluding hydrogens is 366 g/mol. The molecule has 4 rings (SSSR count). The number of aryl methyl sites for hydroxylation is 1. The molecule has 0 aliphatic carbocycles. The zero-order valence-corrected chi connectivity index (χ0v) is 15.8. The smallest absolute Gasteiger partial charge is 0.299 e. The molecule has 4 aromatic rings. The van der Waals surface area contributed by atoms with E-state index in [9.17, 15) is 15.0 Å². The van der Waals surface area contributed by atoms with Crippen LogP contribution in [0, 0.1) is 6.92 Å². The van der Waals surface area contributed by atoms with Gasteiger partial charge in [0.05, 0.1) is 17.6 Å². The van der Waals surface area contributed by atoms with Gasteiger partial charge < -0.3 is 14.8 Å². The van der Waals surface area contributed by atoms with Crippen molar-refractivity contribution in [3.63, 3.8) is 0 Å². The van der Waals surface area contributed by atoms with Gasteiger partial charge in [0.1, 0.15) is 5.75 Å². The van der Waals surface area contributed by atoms with Gasteiger partial charge in [0.2, 0.25) is 5.88 Å². The number of amides is 1. The molecule has 2 N–H and O–H groups in total. The Labute approximate surface area is 167 Å². The Morgan fingerprint density at radius 2 is 1.69 bits per heavy atom. The lowest BCUT2D eigenvalue weighted by molar-refractivity contribution is 0.0992. The van der Waals surface area contributed by atoms with Crippen molar-refractivity contribution in [1.82, 2.24) is 4.57 Å². The van der Waals surface area contributed by atoms with Crippen molar-refractivity contribution < 1.29 is 15.0 Å². The van der Waals surface area contributed by atoms with E-state index in [2.05, 4.69) is 10.2 Å². The van der Waals surface area contributed by atoms with Crippen molar-refractivity contribution in [3.8, 4) is 11.6 Å². The van der Waals surface area contributed by atoms with Gasteiger partial charge >= 0.3 is 0 Å². The fourth-order valence-corrected chi connectivity index (χ4v) is 3.27. The quantitative estimate of drug-likeness (QED) is 0.465. The number of phenols is 1. The summed E-state index contributed by atoms with van der Waals surface area (Å²) in [6.45, 7) is 2.27. The summed E-state index contributed by atoms with van der Waals surface area (Å²) in [4.78, 5) is 12.4. The molecule has 6 nitrogen and oxygen atoms in total. The molecule has 0 unspecified atom stereocenters. The van der Waals surface area contributed by atoms with Crippen molar-refractivity contribution in [2.24, 2.45) is 10.2 Å². The molecule has 6 heteroatoms. The van der Waals surface area contributed by atoms with Gasteiger partial charge in [-0.2, -0.15) is 0 Å². The fraction of sp³-hybridized carbons (Fsp3) is 0.0870. The Kier molecular flexibility index (Phi) is 4.83. The van der Waals surface area contributed by atoms with E-state index in [0.717, 1.165) is 16.6 Å². The van der Waals surface area contributed by atoms with Crippen LogP contribution in [0.2, 0.25) is 0 Å². The van der Waals surface area contributed by atoms with Crippen LogP contribution >= 0.6 is 0 Å². The number of hydrogen-bond donors (Lipinski definition) is 2. The minimum atomic E-state index is -0.675. The van der Waals surface area contributed by atoms with Crippen LogP contribution < -0.4 is 0 Å². The van der Waals surface area contributed by atoms with Crippen LogP contribution in [0.15, 0.2) is 83.0 Å². The summed E-state index contributed by atoms with van der Waals surface area (Å²) in [5, 5.41) is 29.2. The number of aromatic nitrogens is 1. The van der Waals surface area contributed by atoms with E-state index in [1.165, 1.54) is 6.07 Å². The predicted molar refractivity (Wildman–Crippen MR) is 111 cm³/mol. The summed E-state index contributed by atoms with van der Waals surface area (Å²) >= 11 is 0. The minimum absolute atomic E-state index is 0.0694. The summed E-state index contributed by atoms with van der Waals surface area (Å²) < 4.78 is 1.73. The van der Waals surface area contributed by atoms with E-state index in [0.29, 0.717) is 11.9 Å². The SMILES string of the molecule is Cc1ccc(O)c(C(=O)N=Nc2c(O)n(Cc3ccccc3)c3ccccc23)c1. The van der Waals surface area contributed by atoms with E-state index in [-0.39, 0.29) is 22.9 Å². The highest BCUT2D eigenvalue weighted by molar-refractivity contribution is 5.99.